The molecule has 4 rings (SSSR count). The number of hydrogen-bond acceptors (Lipinski definition) is 3. The van der Waals surface area contributed by atoms with Gasteiger partial charge in [-0.3, -0.25) is 4.79 Å². The van der Waals surface area contributed by atoms with Crippen LogP contribution in [0.5, 0.6) is 0 Å². The van der Waals surface area contributed by atoms with Gasteiger partial charge in [-0.25, -0.2) is 4.39 Å². The standard InChI is InChI=1S/C25H24ClF7N2O2/c1-12(13-6-14(24(28,29)30)8-15(7-13)25(31,32)33)37-20-11-35-21(36)10-19(34(2)3)23(35)22(20)17-5-4-16(27)9-18(17)26/h4-9,12,19-20,22-23H,10-11H2,1-3H3/t12-,19?,20+,22?,23+/m1/s1. The first-order valence-corrected chi connectivity index (χ1v) is 11.8. The van der Waals surface area contributed by atoms with E-state index in [0.717, 1.165) is 6.07 Å². The Hall–Kier alpha value is -2.37. The van der Waals surface area contributed by atoms with E-state index < -0.39 is 53.5 Å². The molecule has 0 aromatic heterocycles. The van der Waals surface area contributed by atoms with Crippen molar-refractivity contribution in [2.75, 3.05) is 20.6 Å². The zero-order valence-electron chi connectivity index (χ0n) is 20.0. The van der Waals surface area contributed by atoms with Crippen LogP contribution in [0.15, 0.2) is 36.4 Å². The van der Waals surface area contributed by atoms with Crippen LogP contribution in [0.1, 0.15) is 47.6 Å². The van der Waals surface area contributed by atoms with Gasteiger partial charge < -0.3 is 14.5 Å². The summed E-state index contributed by atoms with van der Waals surface area (Å²) in [6.07, 6.45) is -11.8. The summed E-state index contributed by atoms with van der Waals surface area (Å²) in [5, 5.41) is 0.0865. The molecule has 0 spiro atoms. The van der Waals surface area contributed by atoms with Gasteiger partial charge in [0, 0.05) is 29.9 Å². The van der Waals surface area contributed by atoms with Crippen molar-refractivity contribution in [3.8, 4) is 0 Å². The minimum Gasteiger partial charge on any atom is -0.368 e. The molecule has 2 aliphatic heterocycles. The molecule has 2 aliphatic rings. The van der Waals surface area contributed by atoms with Crippen LogP contribution in [0.3, 0.4) is 0 Å². The number of benzene rings is 2. The average molecular weight is 553 g/mol. The number of likely N-dealkylation sites (N-methyl/N-ethyl adjacent to an activating group) is 1. The van der Waals surface area contributed by atoms with Gasteiger partial charge in [-0.1, -0.05) is 17.7 Å². The summed E-state index contributed by atoms with van der Waals surface area (Å²) in [7, 11) is 3.59. The van der Waals surface area contributed by atoms with Crippen LogP contribution in [-0.2, 0) is 21.9 Å². The van der Waals surface area contributed by atoms with Crippen molar-refractivity contribution in [2.45, 2.75) is 55.9 Å². The molecule has 0 saturated carbocycles. The van der Waals surface area contributed by atoms with Gasteiger partial charge in [-0.2, -0.15) is 26.3 Å². The van der Waals surface area contributed by atoms with Gasteiger partial charge in [-0.05, 0) is 62.5 Å². The SMILES string of the molecule is C[C@@H](O[C@H]1CN2C(=O)CC(N(C)C)[C@H]2C1c1ccc(F)cc1Cl)c1cc(C(F)(F)F)cc(C(F)(F)F)c1. The number of amides is 1. The van der Waals surface area contributed by atoms with E-state index >= 15 is 0 Å². The van der Waals surface area contributed by atoms with E-state index in [2.05, 4.69) is 0 Å². The molecule has 12 heteroatoms. The number of alkyl halides is 6. The Morgan fingerprint density at radius 2 is 1.62 bits per heavy atom. The number of carbonyl (C=O) groups is 1. The fourth-order valence-corrected chi connectivity index (χ4v) is 5.59. The third kappa shape index (κ3) is 5.44. The summed E-state index contributed by atoms with van der Waals surface area (Å²) < 4.78 is 100. The first-order chi connectivity index (χ1) is 17.1. The fraction of sp³-hybridized carbons (Fsp3) is 0.480. The maximum Gasteiger partial charge on any atom is 0.416 e. The highest BCUT2D eigenvalue weighted by Crippen LogP contribution is 2.46. The summed E-state index contributed by atoms with van der Waals surface area (Å²) in [4.78, 5) is 16.3. The molecule has 0 N–H and O–H groups in total. The molecule has 0 radical (unpaired) electrons. The van der Waals surface area contributed by atoms with Gasteiger partial charge >= 0.3 is 12.4 Å². The Morgan fingerprint density at radius 3 is 2.14 bits per heavy atom. The lowest BCUT2D eigenvalue weighted by atomic mass is 9.85. The molecule has 5 atom stereocenters. The lowest BCUT2D eigenvalue weighted by Gasteiger charge is -2.32. The van der Waals surface area contributed by atoms with Crippen LogP contribution in [0.2, 0.25) is 5.02 Å². The first-order valence-electron chi connectivity index (χ1n) is 11.4. The van der Waals surface area contributed by atoms with E-state index in [0.29, 0.717) is 17.7 Å². The van der Waals surface area contributed by atoms with Crippen molar-refractivity contribution in [3.05, 3.63) is 69.5 Å². The second-order valence-electron chi connectivity index (χ2n) is 9.62. The maximum absolute atomic E-state index is 13.8. The second-order valence-corrected chi connectivity index (χ2v) is 10.0. The zero-order valence-corrected chi connectivity index (χ0v) is 20.8. The van der Waals surface area contributed by atoms with Crippen LogP contribution in [0, 0.1) is 5.82 Å². The highest BCUT2D eigenvalue weighted by Gasteiger charge is 2.54. The molecule has 4 nitrogen and oxygen atoms in total. The van der Waals surface area contributed by atoms with E-state index in [-0.39, 0.29) is 41.6 Å². The molecule has 0 aliphatic carbocycles. The minimum absolute atomic E-state index is 0.0572. The Bertz CT molecular complexity index is 1150. The largest absolute Gasteiger partial charge is 0.416 e. The lowest BCUT2D eigenvalue weighted by molar-refractivity contribution is -0.143. The molecular weight excluding hydrogens is 529 g/mol. The van der Waals surface area contributed by atoms with E-state index in [9.17, 15) is 35.5 Å². The molecule has 2 unspecified atom stereocenters. The number of fused-ring (bicyclic) bond motifs is 1. The number of nitrogens with zero attached hydrogens (tertiary/aromatic N) is 2. The third-order valence-electron chi connectivity index (χ3n) is 7.05. The Kier molecular flexibility index (Phi) is 7.28. The summed E-state index contributed by atoms with van der Waals surface area (Å²) in [6, 6.07) is 4.41. The summed E-state index contributed by atoms with van der Waals surface area (Å²) in [5.74, 6) is -1.34. The molecule has 2 aromatic rings. The predicted octanol–water partition coefficient (Wildman–Crippen LogP) is 6.29. The number of ether oxygens (including phenoxy) is 1. The van der Waals surface area contributed by atoms with Crippen molar-refractivity contribution in [1.29, 1.82) is 0 Å². The molecular formula is C25H24ClF7N2O2. The van der Waals surface area contributed by atoms with Crippen molar-refractivity contribution < 1.29 is 40.3 Å². The monoisotopic (exact) mass is 552 g/mol. The lowest BCUT2D eigenvalue weighted by Crippen LogP contribution is -2.42. The van der Waals surface area contributed by atoms with Crippen molar-refractivity contribution in [3.63, 3.8) is 0 Å². The van der Waals surface area contributed by atoms with Crippen LogP contribution in [0.25, 0.3) is 0 Å². The van der Waals surface area contributed by atoms with Gasteiger partial charge in [0.1, 0.15) is 5.82 Å². The fourth-order valence-electron chi connectivity index (χ4n) is 5.30. The molecule has 1 amide bonds. The molecule has 2 heterocycles. The molecule has 37 heavy (non-hydrogen) atoms. The summed E-state index contributed by atoms with van der Waals surface area (Å²) >= 11 is 6.36. The van der Waals surface area contributed by atoms with Crippen LogP contribution < -0.4 is 0 Å². The Morgan fingerprint density at radius 1 is 1.03 bits per heavy atom. The smallest absolute Gasteiger partial charge is 0.368 e. The number of carbonyl (C=O) groups excluding carboxylic acids is 1. The van der Waals surface area contributed by atoms with Gasteiger partial charge in [0.25, 0.3) is 0 Å². The van der Waals surface area contributed by atoms with Gasteiger partial charge in [0.05, 0.1) is 29.4 Å². The van der Waals surface area contributed by atoms with Gasteiger partial charge in [0.2, 0.25) is 5.91 Å². The molecule has 2 fully saturated rings. The number of halogens is 8. The molecule has 0 bridgehead atoms. The predicted molar refractivity (Wildman–Crippen MR) is 121 cm³/mol. The molecule has 202 valence electrons. The van der Waals surface area contributed by atoms with E-state index in [1.807, 2.05) is 4.90 Å². The topological polar surface area (TPSA) is 32.8 Å². The molecule has 2 saturated heterocycles. The van der Waals surface area contributed by atoms with Crippen molar-refractivity contribution >= 4 is 17.5 Å². The Labute approximate surface area is 213 Å². The van der Waals surface area contributed by atoms with E-state index in [1.54, 1.807) is 19.0 Å². The summed E-state index contributed by atoms with van der Waals surface area (Å²) in [6.45, 7) is 1.41. The second kappa shape index (κ2) is 9.74. The number of rotatable bonds is 5. The third-order valence-corrected chi connectivity index (χ3v) is 7.37. The average Bonchev–Trinajstić information content (AvgIpc) is 3.29. The summed E-state index contributed by atoms with van der Waals surface area (Å²) in [5.41, 5.74) is -2.72. The quantitative estimate of drug-likeness (QED) is 0.409. The maximum atomic E-state index is 13.8. The van der Waals surface area contributed by atoms with E-state index in [4.69, 9.17) is 16.3 Å². The molecule has 2 aromatic carbocycles. The van der Waals surface area contributed by atoms with E-state index in [1.165, 1.54) is 19.1 Å². The first kappa shape index (κ1) is 27.7. The van der Waals surface area contributed by atoms with Crippen molar-refractivity contribution in [1.82, 2.24) is 9.80 Å². The Balaban J connectivity index is 1.73. The number of hydrogen-bond donors (Lipinski definition) is 0. The highest BCUT2D eigenvalue weighted by molar-refractivity contribution is 6.31. The van der Waals surface area contributed by atoms with Crippen LogP contribution in [0.4, 0.5) is 30.7 Å². The van der Waals surface area contributed by atoms with Crippen LogP contribution >= 0.6 is 11.6 Å². The highest BCUT2D eigenvalue weighted by atomic mass is 35.5. The zero-order chi connectivity index (χ0) is 27.4. The normalized spacial score (nSPS) is 25.2. The van der Waals surface area contributed by atoms with Gasteiger partial charge in [0.15, 0.2) is 0 Å². The minimum atomic E-state index is -5.00. The van der Waals surface area contributed by atoms with Gasteiger partial charge in [-0.15, -0.1) is 0 Å². The van der Waals surface area contributed by atoms with Crippen molar-refractivity contribution in [2.24, 2.45) is 0 Å². The van der Waals surface area contributed by atoms with Crippen LogP contribution in [-0.4, -0.2) is 54.5 Å².